The van der Waals surface area contributed by atoms with Gasteiger partial charge in [-0.05, 0) is 47.9 Å². The van der Waals surface area contributed by atoms with Gasteiger partial charge in [0, 0.05) is 36.4 Å². The second-order valence-corrected chi connectivity index (χ2v) is 6.41. The van der Waals surface area contributed by atoms with Gasteiger partial charge in [-0.2, -0.15) is 0 Å². The SMILES string of the molecule is CN(C)c1ccc(C(=O)NNC(=S)Nc2cccc3ccccc23)cc1. The lowest BCUT2D eigenvalue weighted by molar-refractivity contribution is 0.0944. The minimum absolute atomic E-state index is 0.252. The lowest BCUT2D eigenvalue weighted by atomic mass is 10.1. The molecule has 0 aliphatic carbocycles. The van der Waals surface area contributed by atoms with Crippen molar-refractivity contribution in [2.45, 2.75) is 0 Å². The summed E-state index contributed by atoms with van der Waals surface area (Å²) in [5, 5.41) is 5.61. The van der Waals surface area contributed by atoms with Crippen molar-refractivity contribution in [3.05, 3.63) is 72.3 Å². The first-order valence-corrected chi connectivity index (χ1v) is 8.58. The molecule has 0 heterocycles. The molecule has 0 saturated heterocycles. The molecule has 0 fully saturated rings. The van der Waals surface area contributed by atoms with Gasteiger partial charge in [0.25, 0.3) is 5.91 Å². The standard InChI is InChI=1S/C20H20N4OS/c1-24(2)16-12-10-15(11-13-16)19(25)22-23-20(26)21-18-9-5-7-14-6-3-4-8-17(14)18/h3-13H,1-2H3,(H,22,25)(H2,21,23,26). The first-order chi connectivity index (χ1) is 12.5. The van der Waals surface area contributed by atoms with E-state index in [9.17, 15) is 4.79 Å². The number of thiocarbonyl (C=S) groups is 1. The highest BCUT2D eigenvalue weighted by atomic mass is 32.1. The molecule has 3 aromatic rings. The molecular weight excluding hydrogens is 344 g/mol. The van der Waals surface area contributed by atoms with Crippen LogP contribution in [0.1, 0.15) is 10.4 Å². The maximum atomic E-state index is 12.2. The van der Waals surface area contributed by atoms with E-state index in [1.807, 2.05) is 73.6 Å². The van der Waals surface area contributed by atoms with E-state index in [2.05, 4.69) is 16.2 Å². The summed E-state index contributed by atoms with van der Waals surface area (Å²) in [5.41, 5.74) is 7.81. The molecule has 0 aliphatic rings. The summed E-state index contributed by atoms with van der Waals surface area (Å²) in [7, 11) is 3.90. The molecule has 6 heteroatoms. The number of anilines is 2. The molecule has 0 saturated carbocycles. The zero-order chi connectivity index (χ0) is 18.5. The van der Waals surface area contributed by atoms with Crippen LogP contribution in [-0.4, -0.2) is 25.1 Å². The summed E-state index contributed by atoms with van der Waals surface area (Å²) in [6, 6.07) is 21.3. The fraction of sp³-hybridized carbons (Fsp3) is 0.100. The van der Waals surface area contributed by atoms with Crippen LogP contribution in [0.4, 0.5) is 11.4 Å². The van der Waals surface area contributed by atoms with Crippen LogP contribution in [0.25, 0.3) is 10.8 Å². The highest BCUT2D eigenvalue weighted by Gasteiger charge is 2.07. The number of carbonyl (C=O) groups is 1. The number of amides is 1. The number of benzene rings is 3. The largest absolute Gasteiger partial charge is 0.378 e. The number of hydrogen-bond acceptors (Lipinski definition) is 3. The summed E-state index contributed by atoms with van der Waals surface area (Å²) in [4.78, 5) is 14.2. The molecule has 1 amide bonds. The second-order valence-electron chi connectivity index (χ2n) is 6.00. The fourth-order valence-corrected chi connectivity index (χ4v) is 2.75. The Balaban J connectivity index is 1.60. The molecule has 0 radical (unpaired) electrons. The molecule has 26 heavy (non-hydrogen) atoms. The van der Waals surface area contributed by atoms with Crippen LogP contribution in [0.15, 0.2) is 66.7 Å². The lowest BCUT2D eigenvalue weighted by Gasteiger charge is -2.14. The van der Waals surface area contributed by atoms with Crippen LogP contribution < -0.4 is 21.1 Å². The molecule has 0 aliphatic heterocycles. The van der Waals surface area contributed by atoms with E-state index < -0.39 is 0 Å². The topological polar surface area (TPSA) is 56.4 Å². The zero-order valence-corrected chi connectivity index (χ0v) is 15.4. The monoisotopic (exact) mass is 364 g/mol. The molecular formula is C20H20N4OS. The summed E-state index contributed by atoms with van der Waals surface area (Å²) in [5.74, 6) is -0.252. The third-order valence-corrected chi connectivity index (χ3v) is 4.18. The number of nitrogens with zero attached hydrogens (tertiary/aromatic N) is 1. The number of hydrogen-bond donors (Lipinski definition) is 3. The molecule has 0 spiro atoms. The van der Waals surface area contributed by atoms with Crippen molar-refractivity contribution in [3.63, 3.8) is 0 Å². The Labute approximate surface area is 158 Å². The third kappa shape index (κ3) is 4.10. The van der Waals surface area contributed by atoms with E-state index >= 15 is 0 Å². The van der Waals surface area contributed by atoms with Gasteiger partial charge in [-0.1, -0.05) is 36.4 Å². The van der Waals surface area contributed by atoms with Crippen molar-refractivity contribution in [2.24, 2.45) is 0 Å². The van der Waals surface area contributed by atoms with Gasteiger partial charge in [0.1, 0.15) is 0 Å². The molecule has 3 N–H and O–H groups in total. The van der Waals surface area contributed by atoms with Crippen molar-refractivity contribution in [1.29, 1.82) is 0 Å². The van der Waals surface area contributed by atoms with E-state index in [4.69, 9.17) is 12.2 Å². The molecule has 5 nitrogen and oxygen atoms in total. The van der Waals surface area contributed by atoms with E-state index in [0.717, 1.165) is 22.1 Å². The predicted molar refractivity (Wildman–Crippen MR) is 112 cm³/mol. The summed E-state index contributed by atoms with van der Waals surface area (Å²) >= 11 is 5.28. The van der Waals surface area contributed by atoms with Crippen LogP contribution in [-0.2, 0) is 0 Å². The Morgan fingerprint density at radius 1 is 0.885 bits per heavy atom. The maximum absolute atomic E-state index is 12.2. The van der Waals surface area contributed by atoms with Gasteiger partial charge in [0.15, 0.2) is 5.11 Å². The van der Waals surface area contributed by atoms with Gasteiger partial charge in [0.05, 0.1) is 0 Å². The van der Waals surface area contributed by atoms with E-state index in [1.165, 1.54) is 0 Å². The van der Waals surface area contributed by atoms with Crippen LogP contribution in [0.5, 0.6) is 0 Å². The zero-order valence-electron chi connectivity index (χ0n) is 14.6. The number of fused-ring (bicyclic) bond motifs is 1. The Hall–Kier alpha value is -3.12. The summed E-state index contributed by atoms with van der Waals surface area (Å²) in [6.07, 6.45) is 0. The first-order valence-electron chi connectivity index (χ1n) is 8.17. The molecule has 0 aromatic heterocycles. The van der Waals surface area contributed by atoms with Gasteiger partial charge >= 0.3 is 0 Å². The van der Waals surface area contributed by atoms with Crippen LogP contribution in [0, 0.1) is 0 Å². The van der Waals surface area contributed by atoms with Crippen molar-refractivity contribution in [2.75, 3.05) is 24.3 Å². The van der Waals surface area contributed by atoms with E-state index in [-0.39, 0.29) is 5.91 Å². The number of carbonyl (C=O) groups excluding carboxylic acids is 1. The normalized spacial score (nSPS) is 10.2. The Kier molecular flexibility index (Phi) is 5.34. The van der Waals surface area contributed by atoms with Gasteiger partial charge in [0.2, 0.25) is 0 Å². The highest BCUT2D eigenvalue weighted by molar-refractivity contribution is 7.80. The predicted octanol–water partition coefficient (Wildman–Crippen LogP) is 3.54. The summed E-state index contributed by atoms with van der Waals surface area (Å²) < 4.78 is 0. The Bertz CT molecular complexity index is 933. The van der Waals surface area contributed by atoms with Gasteiger partial charge in [-0.3, -0.25) is 15.6 Å². The molecule has 132 valence electrons. The third-order valence-electron chi connectivity index (χ3n) is 3.97. The lowest BCUT2D eigenvalue weighted by Crippen LogP contribution is -2.43. The quantitative estimate of drug-likeness (QED) is 0.490. The van der Waals surface area contributed by atoms with Gasteiger partial charge < -0.3 is 10.2 Å². The Morgan fingerprint density at radius 2 is 1.58 bits per heavy atom. The molecule has 3 rings (SSSR count). The second kappa shape index (κ2) is 7.84. The summed E-state index contributed by atoms with van der Waals surface area (Å²) in [6.45, 7) is 0. The molecule has 0 atom stereocenters. The van der Waals surface area contributed by atoms with Crippen molar-refractivity contribution >= 4 is 45.4 Å². The average molecular weight is 364 g/mol. The van der Waals surface area contributed by atoms with Crippen molar-refractivity contribution in [1.82, 2.24) is 10.9 Å². The van der Waals surface area contributed by atoms with Gasteiger partial charge in [-0.15, -0.1) is 0 Å². The average Bonchev–Trinajstić information content (AvgIpc) is 2.66. The minimum Gasteiger partial charge on any atom is -0.378 e. The van der Waals surface area contributed by atoms with Crippen molar-refractivity contribution in [3.8, 4) is 0 Å². The van der Waals surface area contributed by atoms with E-state index in [1.54, 1.807) is 12.1 Å². The molecule has 0 unspecified atom stereocenters. The van der Waals surface area contributed by atoms with Crippen LogP contribution in [0.2, 0.25) is 0 Å². The van der Waals surface area contributed by atoms with Crippen LogP contribution >= 0.6 is 12.2 Å². The highest BCUT2D eigenvalue weighted by Crippen LogP contribution is 2.22. The van der Waals surface area contributed by atoms with E-state index in [0.29, 0.717) is 10.7 Å². The van der Waals surface area contributed by atoms with Crippen molar-refractivity contribution < 1.29 is 4.79 Å². The first kappa shape index (κ1) is 17.7. The Morgan fingerprint density at radius 3 is 2.31 bits per heavy atom. The number of rotatable bonds is 3. The molecule has 3 aromatic carbocycles. The maximum Gasteiger partial charge on any atom is 0.269 e. The number of hydrazine groups is 1. The van der Waals surface area contributed by atoms with Gasteiger partial charge in [-0.25, -0.2) is 0 Å². The number of nitrogens with one attached hydrogen (secondary N) is 3. The fourth-order valence-electron chi connectivity index (χ4n) is 2.58. The smallest absolute Gasteiger partial charge is 0.269 e. The van der Waals surface area contributed by atoms with Crippen LogP contribution in [0.3, 0.4) is 0 Å². The molecule has 0 bridgehead atoms. The minimum atomic E-state index is -0.252.